The maximum Gasteiger partial charge on any atom is 0.181 e. The molecule has 0 saturated carbocycles. The molecule has 0 saturated heterocycles. The van der Waals surface area contributed by atoms with E-state index in [2.05, 4.69) is 0 Å². The fourth-order valence-electron chi connectivity index (χ4n) is 1.25. The molecule has 0 bridgehead atoms. The summed E-state index contributed by atoms with van der Waals surface area (Å²) in [5.74, 6) is -0.312. The summed E-state index contributed by atoms with van der Waals surface area (Å²) < 4.78 is 0. The van der Waals surface area contributed by atoms with Crippen LogP contribution in [-0.2, 0) is 4.79 Å². The summed E-state index contributed by atoms with van der Waals surface area (Å²) in [5.41, 5.74) is 0.422. The molecule has 1 aliphatic rings. The van der Waals surface area contributed by atoms with E-state index in [0.29, 0.717) is 5.70 Å². The summed E-state index contributed by atoms with van der Waals surface area (Å²) in [4.78, 5) is 13.1. The summed E-state index contributed by atoms with van der Waals surface area (Å²) in [6, 6.07) is 0. The Kier molecular flexibility index (Phi) is 2.96. The van der Waals surface area contributed by atoms with Crippen molar-refractivity contribution in [3.63, 3.8) is 0 Å². The first-order valence-electron chi connectivity index (χ1n) is 4.51. The molecule has 14 heavy (non-hydrogen) atoms. The van der Waals surface area contributed by atoms with Crippen LogP contribution in [0.2, 0.25) is 0 Å². The van der Waals surface area contributed by atoms with E-state index in [-0.39, 0.29) is 17.5 Å². The smallest absolute Gasteiger partial charge is 0.181 e. The average Bonchev–Trinajstić information content (AvgIpc) is 2.10. The number of nitrogens with zero attached hydrogens (tertiary/aromatic N) is 1. The third-order valence-corrected chi connectivity index (χ3v) is 2.10. The highest BCUT2D eigenvalue weighted by atomic mass is 16.3. The first kappa shape index (κ1) is 10.8. The molecule has 0 aromatic rings. The third-order valence-electron chi connectivity index (χ3n) is 2.10. The van der Waals surface area contributed by atoms with Crippen LogP contribution in [0.5, 0.6) is 0 Å². The normalized spacial score (nSPS) is 22.1. The van der Waals surface area contributed by atoms with Crippen molar-refractivity contribution in [2.45, 2.75) is 20.0 Å². The third kappa shape index (κ3) is 1.96. The minimum absolute atomic E-state index is 0.0460. The first-order chi connectivity index (χ1) is 6.43. The van der Waals surface area contributed by atoms with Crippen LogP contribution in [0.1, 0.15) is 13.8 Å². The quantitative estimate of drug-likeness (QED) is 0.687. The number of hydrogen-bond donors (Lipinski definition) is 2. The van der Waals surface area contributed by atoms with Gasteiger partial charge in [-0.25, -0.2) is 0 Å². The minimum atomic E-state index is -1.07. The lowest BCUT2D eigenvalue weighted by Crippen LogP contribution is -2.29. The second-order valence-electron chi connectivity index (χ2n) is 3.68. The highest BCUT2D eigenvalue weighted by Crippen LogP contribution is 2.18. The van der Waals surface area contributed by atoms with Gasteiger partial charge in [0, 0.05) is 19.2 Å². The van der Waals surface area contributed by atoms with Crippen molar-refractivity contribution < 1.29 is 15.0 Å². The van der Waals surface area contributed by atoms with Crippen LogP contribution in [0.4, 0.5) is 0 Å². The highest BCUT2D eigenvalue weighted by molar-refractivity contribution is 5.96. The van der Waals surface area contributed by atoms with E-state index in [1.165, 1.54) is 17.2 Å². The maximum absolute atomic E-state index is 11.6. The number of aliphatic hydroxyl groups is 2. The molecule has 0 spiro atoms. The molecule has 1 rings (SSSR count). The van der Waals surface area contributed by atoms with E-state index in [1.807, 2.05) is 0 Å². The van der Waals surface area contributed by atoms with Gasteiger partial charge in [0.25, 0.3) is 0 Å². The van der Waals surface area contributed by atoms with E-state index in [1.54, 1.807) is 20.9 Å². The van der Waals surface area contributed by atoms with Crippen molar-refractivity contribution in [1.29, 1.82) is 0 Å². The van der Waals surface area contributed by atoms with Crippen molar-refractivity contribution in [2.24, 2.45) is 5.92 Å². The number of Topliss-reactive ketones (excluding diaryl/α,β-unsaturated/α-hetero) is 1. The molecular formula is C10H15NO3. The summed E-state index contributed by atoms with van der Waals surface area (Å²) in [5, 5.41) is 18.5. The average molecular weight is 197 g/mol. The van der Waals surface area contributed by atoms with Crippen LogP contribution in [0, 0.1) is 5.92 Å². The zero-order chi connectivity index (χ0) is 10.9. The second kappa shape index (κ2) is 3.84. The Morgan fingerprint density at radius 2 is 2.14 bits per heavy atom. The van der Waals surface area contributed by atoms with Crippen molar-refractivity contribution in [3.05, 3.63) is 23.7 Å². The lowest BCUT2D eigenvalue weighted by atomic mass is 10.0. The van der Waals surface area contributed by atoms with Crippen molar-refractivity contribution >= 4 is 5.78 Å². The zero-order valence-corrected chi connectivity index (χ0v) is 8.56. The van der Waals surface area contributed by atoms with Gasteiger partial charge in [0.05, 0.1) is 5.70 Å². The predicted molar refractivity (Wildman–Crippen MR) is 52.4 cm³/mol. The van der Waals surface area contributed by atoms with Gasteiger partial charge in [0.1, 0.15) is 11.9 Å². The lowest BCUT2D eigenvalue weighted by Gasteiger charge is -2.25. The van der Waals surface area contributed by atoms with E-state index in [9.17, 15) is 15.0 Å². The van der Waals surface area contributed by atoms with Gasteiger partial charge >= 0.3 is 0 Å². The molecule has 0 amide bonds. The van der Waals surface area contributed by atoms with Crippen LogP contribution >= 0.6 is 0 Å². The molecule has 1 atom stereocenters. The van der Waals surface area contributed by atoms with Gasteiger partial charge in [-0.05, 0) is 6.08 Å². The van der Waals surface area contributed by atoms with Gasteiger partial charge < -0.3 is 15.1 Å². The molecule has 0 aliphatic carbocycles. The molecule has 0 fully saturated rings. The minimum Gasteiger partial charge on any atom is -0.508 e. The number of ketones is 1. The molecule has 4 nitrogen and oxygen atoms in total. The number of rotatable bonds is 2. The van der Waals surface area contributed by atoms with Crippen molar-refractivity contribution in [2.75, 3.05) is 7.05 Å². The van der Waals surface area contributed by atoms with Crippen molar-refractivity contribution in [3.8, 4) is 0 Å². The SMILES string of the molecule is CC(C)C(=O)C1=CC(O)C(O)=CN1C. The standard InChI is InChI=1S/C10H15NO3/c1-6(2)10(14)7-4-8(12)9(13)5-11(7)3/h4-6,8,12-13H,1-3H3. The molecule has 78 valence electrons. The van der Waals surface area contributed by atoms with Crippen LogP contribution in [0.25, 0.3) is 0 Å². The largest absolute Gasteiger partial charge is 0.508 e. The Bertz CT molecular complexity index is 304. The summed E-state index contributed by atoms with van der Waals surface area (Å²) in [6.07, 6.45) is 1.64. The predicted octanol–water partition coefficient (Wildman–Crippen LogP) is 0.801. The molecular weight excluding hydrogens is 182 g/mol. The lowest BCUT2D eigenvalue weighted by molar-refractivity contribution is -0.119. The van der Waals surface area contributed by atoms with Gasteiger partial charge in [0.15, 0.2) is 5.78 Å². The Hall–Kier alpha value is -1.29. The molecule has 0 radical (unpaired) electrons. The van der Waals surface area contributed by atoms with Crippen LogP contribution in [0.3, 0.4) is 0 Å². The monoisotopic (exact) mass is 197 g/mol. The van der Waals surface area contributed by atoms with E-state index >= 15 is 0 Å². The van der Waals surface area contributed by atoms with Gasteiger partial charge in [-0.3, -0.25) is 4.79 Å². The van der Waals surface area contributed by atoms with E-state index in [4.69, 9.17) is 0 Å². The molecule has 1 aliphatic heterocycles. The molecule has 1 unspecified atom stereocenters. The number of carbonyl (C=O) groups is 1. The van der Waals surface area contributed by atoms with Gasteiger partial charge in [-0.2, -0.15) is 0 Å². The topological polar surface area (TPSA) is 60.8 Å². The number of carbonyl (C=O) groups excluding carboxylic acids is 1. The molecule has 0 aromatic heterocycles. The number of allylic oxidation sites excluding steroid dienone is 1. The Morgan fingerprint density at radius 3 is 2.64 bits per heavy atom. The Balaban J connectivity index is 2.91. The second-order valence-corrected chi connectivity index (χ2v) is 3.68. The summed E-state index contributed by atoms with van der Waals surface area (Å²) in [6.45, 7) is 3.59. The molecule has 4 heteroatoms. The zero-order valence-electron chi connectivity index (χ0n) is 8.56. The summed E-state index contributed by atoms with van der Waals surface area (Å²) >= 11 is 0. The molecule has 0 aromatic carbocycles. The van der Waals surface area contributed by atoms with E-state index < -0.39 is 6.10 Å². The van der Waals surface area contributed by atoms with E-state index in [0.717, 1.165) is 0 Å². The Labute approximate surface area is 83.1 Å². The molecule has 1 heterocycles. The fraction of sp³-hybridized carbons (Fsp3) is 0.500. The first-order valence-corrected chi connectivity index (χ1v) is 4.51. The number of aliphatic hydroxyl groups excluding tert-OH is 2. The number of likely N-dealkylation sites (N-methyl/N-ethyl adjacent to an activating group) is 1. The van der Waals surface area contributed by atoms with Gasteiger partial charge in [-0.15, -0.1) is 0 Å². The Morgan fingerprint density at radius 1 is 1.57 bits per heavy atom. The molecule has 2 N–H and O–H groups in total. The fourth-order valence-corrected chi connectivity index (χ4v) is 1.25. The van der Waals surface area contributed by atoms with Gasteiger partial charge in [0.2, 0.25) is 0 Å². The summed E-state index contributed by atoms with van der Waals surface area (Å²) in [7, 11) is 1.66. The maximum atomic E-state index is 11.6. The van der Waals surface area contributed by atoms with Crippen LogP contribution < -0.4 is 0 Å². The van der Waals surface area contributed by atoms with Gasteiger partial charge in [-0.1, -0.05) is 13.8 Å². The number of hydrogen-bond acceptors (Lipinski definition) is 4. The van der Waals surface area contributed by atoms with Crippen LogP contribution in [0.15, 0.2) is 23.7 Å². The highest BCUT2D eigenvalue weighted by Gasteiger charge is 2.23. The van der Waals surface area contributed by atoms with Crippen molar-refractivity contribution in [1.82, 2.24) is 4.90 Å². The van der Waals surface area contributed by atoms with Crippen LogP contribution in [-0.4, -0.2) is 34.0 Å².